The number of hydrogen-bond acceptors (Lipinski definition) is 3. The van der Waals surface area contributed by atoms with E-state index in [1.807, 2.05) is 11.0 Å². The molecule has 1 aromatic carbocycles. The molecule has 0 saturated carbocycles. The smallest absolute Gasteiger partial charge is 0.222 e. The molecule has 6 heteroatoms. The number of hydrogen-bond donors (Lipinski definition) is 2. The first-order valence-electron chi connectivity index (χ1n) is 10.0. The third-order valence-electron chi connectivity index (χ3n) is 5.50. The number of rotatable bonds is 6. The first kappa shape index (κ1) is 19.7. The second kappa shape index (κ2) is 9.22. The predicted molar refractivity (Wildman–Crippen MR) is 108 cm³/mol. The molecule has 27 heavy (non-hydrogen) atoms. The molecule has 148 valence electrons. The van der Waals surface area contributed by atoms with Gasteiger partial charge in [0.15, 0.2) is 5.96 Å². The zero-order valence-electron chi connectivity index (χ0n) is 16.6. The molecule has 2 heterocycles. The van der Waals surface area contributed by atoms with Gasteiger partial charge >= 0.3 is 0 Å². The lowest BCUT2D eigenvalue weighted by molar-refractivity contribution is -0.132. The van der Waals surface area contributed by atoms with E-state index in [1.54, 1.807) is 7.05 Å². The maximum Gasteiger partial charge on any atom is 0.222 e. The lowest BCUT2D eigenvalue weighted by atomic mass is 9.99. The minimum atomic E-state index is -0.0991. The van der Waals surface area contributed by atoms with Gasteiger partial charge in [0.2, 0.25) is 5.91 Å². The van der Waals surface area contributed by atoms with Crippen molar-refractivity contribution in [2.45, 2.75) is 51.2 Å². The SMILES string of the molecule is CN=C(NCCCC(=O)N1CCc2ccccc2C1)NCC1(C)CCCO1. The van der Waals surface area contributed by atoms with Crippen LogP contribution in [0.15, 0.2) is 29.3 Å². The van der Waals surface area contributed by atoms with E-state index in [0.717, 1.165) is 64.4 Å². The summed E-state index contributed by atoms with van der Waals surface area (Å²) < 4.78 is 5.79. The van der Waals surface area contributed by atoms with Gasteiger partial charge in [-0.25, -0.2) is 0 Å². The van der Waals surface area contributed by atoms with Crippen LogP contribution >= 0.6 is 0 Å². The fourth-order valence-electron chi connectivity index (χ4n) is 3.78. The highest BCUT2D eigenvalue weighted by Crippen LogP contribution is 2.23. The summed E-state index contributed by atoms with van der Waals surface area (Å²) in [6.45, 7) is 6.02. The van der Waals surface area contributed by atoms with Crippen molar-refractivity contribution < 1.29 is 9.53 Å². The Bertz CT molecular complexity index is 668. The lowest BCUT2D eigenvalue weighted by Gasteiger charge is -2.29. The van der Waals surface area contributed by atoms with Gasteiger partial charge in [-0.3, -0.25) is 9.79 Å². The molecule has 0 radical (unpaired) electrons. The van der Waals surface area contributed by atoms with E-state index in [0.29, 0.717) is 6.42 Å². The number of carbonyl (C=O) groups excluding carboxylic acids is 1. The molecule has 2 aliphatic rings. The molecule has 6 nitrogen and oxygen atoms in total. The van der Waals surface area contributed by atoms with E-state index < -0.39 is 0 Å². The molecular weight excluding hydrogens is 340 g/mol. The van der Waals surface area contributed by atoms with Crippen LogP contribution in [0.5, 0.6) is 0 Å². The summed E-state index contributed by atoms with van der Waals surface area (Å²) in [7, 11) is 1.77. The number of nitrogens with one attached hydrogen (secondary N) is 2. The first-order chi connectivity index (χ1) is 13.1. The molecule has 0 aliphatic carbocycles. The lowest BCUT2D eigenvalue weighted by Crippen LogP contribution is -2.45. The highest BCUT2D eigenvalue weighted by Gasteiger charge is 2.29. The molecule has 0 aromatic heterocycles. The van der Waals surface area contributed by atoms with Gasteiger partial charge in [0.1, 0.15) is 0 Å². The van der Waals surface area contributed by atoms with Gasteiger partial charge in [-0.1, -0.05) is 24.3 Å². The molecule has 1 aromatic rings. The second-order valence-electron chi connectivity index (χ2n) is 7.69. The molecule has 3 rings (SSSR count). The Kier molecular flexibility index (Phi) is 6.72. The average Bonchev–Trinajstić information content (AvgIpc) is 3.13. The Hall–Kier alpha value is -2.08. The number of guanidine groups is 1. The van der Waals surface area contributed by atoms with E-state index in [9.17, 15) is 4.79 Å². The monoisotopic (exact) mass is 372 g/mol. The molecule has 1 atom stereocenters. The molecule has 1 saturated heterocycles. The quantitative estimate of drug-likeness (QED) is 0.456. The van der Waals surface area contributed by atoms with E-state index >= 15 is 0 Å². The maximum atomic E-state index is 12.5. The number of nitrogens with zero attached hydrogens (tertiary/aromatic N) is 2. The van der Waals surface area contributed by atoms with Crippen LogP contribution in [-0.4, -0.2) is 55.7 Å². The van der Waals surface area contributed by atoms with Crippen LogP contribution in [-0.2, 0) is 22.5 Å². The Morgan fingerprint density at radius 2 is 2.11 bits per heavy atom. The van der Waals surface area contributed by atoms with Gasteiger partial charge in [0.25, 0.3) is 0 Å². The Morgan fingerprint density at radius 1 is 1.30 bits per heavy atom. The standard InChI is InChI=1S/C21H32N4O2/c1-21(11-6-14-27-21)16-24-20(22-2)23-12-5-9-19(26)25-13-10-17-7-3-4-8-18(17)15-25/h3-4,7-8H,5-6,9-16H2,1-2H3,(H2,22,23,24). The summed E-state index contributed by atoms with van der Waals surface area (Å²) in [4.78, 5) is 18.7. The highest BCUT2D eigenvalue weighted by molar-refractivity contribution is 5.80. The van der Waals surface area contributed by atoms with Crippen LogP contribution in [0.2, 0.25) is 0 Å². The van der Waals surface area contributed by atoms with Crippen molar-refractivity contribution in [2.24, 2.45) is 4.99 Å². The molecule has 2 N–H and O–H groups in total. The van der Waals surface area contributed by atoms with Crippen molar-refractivity contribution >= 4 is 11.9 Å². The van der Waals surface area contributed by atoms with E-state index in [1.165, 1.54) is 11.1 Å². The van der Waals surface area contributed by atoms with Crippen molar-refractivity contribution in [1.82, 2.24) is 15.5 Å². The molecule has 1 fully saturated rings. The van der Waals surface area contributed by atoms with Gasteiger partial charge in [0, 0.05) is 46.3 Å². The molecule has 1 unspecified atom stereocenters. The largest absolute Gasteiger partial charge is 0.373 e. The molecule has 0 spiro atoms. The summed E-state index contributed by atoms with van der Waals surface area (Å²) in [5.41, 5.74) is 2.55. The van der Waals surface area contributed by atoms with Gasteiger partial charge in [-0.2, -0.15) is 0 Å². The summed E-state index contributed by atoms with van der Waals surface area (Å²) in [6, 6.07) is 8.41. The van der Waals surface area contributed by atoms with Gasteiger partial charge in [-0.05, 0) is 43.7 Å². The summed E-state index contributed by atoms with van der Waals surface area (Å²) >= 11 is 0. The van der Waals surface area contributed by atoms with Crippen molar-refractivity contribution in [2.75, 3.05) is 33.3 Å². The number of fused-ring (bicyclic) bond motifs is 1. The zero-order chi connectivity index (χ0) is 19.1. The first-order valence-corrected chi connectivity index (χ1v) is 10.0. The number of amides is 1. The van der Waals surface area contributed by atoms with Crippen LogP contribution in [0.3, 0.4) is 0 Å². The van der Waals surface area contributed by atoms with E-state index in [4.69, 9.17) is 4.74 Å². The highest BCUT2D eigenvalue weighted by atomic mass is 16.5. The van der Waals surface area contributed by atoms with Crippen LogP contribution in [0, 0.1) is 0 Å². The third kappa shape index (κ3) is 5.45. The predicted octanol–water partition coefficient (Wildman–Crippen LogP) is 2.09. The molecule has 0 bridgehead atoms. The number of aliphatic imine (C=N–C) groups is 1. The van der Waals surface area contributed by atoms with Crippen molar-refractivity contribution in [1.29, 1.82) is 0 Å². The molecule has 2 aliphatic heterocycles. The average molecular weight is 373 g/mol. The van der Waals surface area contributed by atoms with E-state index in [-0.39, 0.29) is 11.5 Å². The van der Waals surface area contributed by atoms with Crippen molar-refractivity contribution in [3.05, 3.63) is 35.4 Å². The summed E-state index contributed by atoms with van der Waals surface area (Å²) in [5, 5.41) is 6.63. The topological polar surface area (TPSA) is 66.0 Å². The number of carbonyl (C=O) groups is 1. The summed E-state index contributed by atoms with van der Waals surface area (Å²) in [5.74, 6) is 1.01. The van der Waals surface area contributed by atoms with Crippen molar-refractivity contribution in [3.8, 4) is 0 Å². The Morgan fingerprint density at radius 3 is 2.85 bits per heavy atom. The van der Waals surface area contributed by atoms with E-state index in [2.05, 4.69) is 40.7 Å². The molecular formula is C21H32N4O2. The second-order valence-corrected chi connectivity index (χ2v) is 7.69. The van der Waals surface area contributed by atoms with Gasteiger partial charge < -0.3 is 20.3 Å². The maximum absolute atomic E-state index is 12.5. The van der Waals surface area contributed by atoms with Crippen molar-refractivity contribution in [3.63, 3.8) is 0 Å². The normalized spacial score (nSPS) is 22.4. The fraction of sp³-hybridized carbons (Fsp3) is 0.619. The minimum Gasteiger partial charge on any atom is -0.373 e. The third-order valence-corrected chi connectivity index (χ3v) is 5.50. The summed E-state index contributed by atoms with van der Waals surface area (Å²) in [6.07, 6.45) is 4.51. The van der Waals surface area contributed by atoms with Crippen LogP contribution in [0.1, 0.15) is 43.7 Å². The Balaban J connectivity index is 1.35. The number of benzene rings is 1. The Labute approximate surface area is 162 Å². The van der Waals surface area contributed by atoms with Gasteiger partial charge in [-0.15, -0.1) is 0 Å². The van der Waals surface area contributed by atoms with Gasteiger partial charge in [0.05, 0.1) is 5.60 Å². The van der Waals surface area contributed by atoms with Crippen LogP contribution < -0.4 is 10.6 Å². The van der Waals surface area contributed by atoms with Crippen LogP contribution in [0.25, 0.3) is 0 Å². The van der Waals surface area contributed by atoms with Crippen LogP contribution in [0.4, 0.5) is 0 Å². The molecule has 1 amide bonds. The fourth-order valence-corrected chi connectivity index (χ4v) is 3.78. The number of ether oxygens (including phenoxy) is 1. The zero-order valence-corrected chi connectivity index (χ0v) is 16.6. The minimum absolute atomic E-state index is 0.0991.